The van der Waals surface area contributed by atoms with E-state index < -0.39 is 0 Å². The van der Waals surface area contributed by atoms with Crippen LogP contribution in [0.15, 0.2) is 55.1 Å². The third-order valence-corrected chi connectivity index (χ3v) is 4.93. The van der Waals surface area contributed by atoms with Crippen LogP contribution in [0, 0.1) is 13.8 Å². The van der Waals surface area contributed by atoms with Gasteiger partial charge in [-0.15, -0.1) is 0 Å². The molecular formula is C24H29N3O2. The smallest absolute Gasteiger partial charge is 0.243 e. The number of hydrogen-bond acceptors (Lipinski definition) is 3. The summed E-state index contributed by atoms with van der Waals surface area (Å²) in [5, 5.41) is 2.83. The van der Waals surface area contributed by atoms with Crippen molar-refractivity contribution in [3.05, 3.63) is 72.1 Å². The van der Waals surface area contributed by atoms with Gasteiger partial charge in [0.05, 0.1) is 17.6 Å². The third kappa shape index (κ3) is 5.47. The SMILES string of the molecule is C=CC(=O)NCCc1nc2ccccc2n1CCCCOc1ccc(C)cc1C. The van der Waals surface area contributed by atoms with Gasteiger partial charge in [-0.1, -0.05) is 36.4 Å². The van der Waals surface area contributed by atoms with Gasteiger partial charge in [0.1, 0.15) is 11.6 Å². The zero-order chi connectivity index (χ0) is 20.6. The molecule has 0 fully saturated rings. The van der Waals surface area contributed by atoms with E-state index in [9.17, 15) is 4.79 Å². The minimum Gasteiger partial charge on any atom is -0.493 e. The predicted octanol–water partition coefficient (Wildman–Crippen LogP) is 4.36. The highest BCUT2D eigenvalue weighted by atomic mass is 16.5. The van der Waals surface area contributed by atoms with Crippen LogP contribution in [0.25, 0.3) is 11.0 Å². The molecule has 1 heterocycles. The molecular weight excluding hydrogens is 362 g/mol. The lowest BCUT2D eigenvalue weighted by molar-refractivity contribution is -0.116. The van der Waals surface area contributed by atoms with E-state index in [0.717, 1.165) is 42.0 Å². The third-order valence-electron chi connectivity index (χ3n) is 4.93. The van der Waals surface area contributed by atoms with Crippen molar-refractivity contribution in [2.24, 2.45) is 0 Å². The molecule has 3 aromatic rings. The Hall–Kier alpha value is -3.08. The lowest BCUT2D eigenvalue weighted by Crippen LogP contribution is -2.24. The Kier molecular flexibility index (Phi) is 7.06. The van der Waals surface area contributed by atoms with Crippen LogP contribution in [0.2, 0.25) is 0 Å². The number of ether oxygens (including phenoxy) is 1. The van der Waals surface area contributed by atoms with Gasteiger partial charge in [-0.05, 0) is 56.5 Å². The summed E-state index contributed by atoms with van der Waals surface area (Å²) in [6.45, 7) is 9.77. The minimum absolute atomic E-state index is 0.156. The quantitative estimate of drug-likeness (QED) is 0.413. The number of carbonyl (C=O) groups excluding carboxylic acids is 1. The summed E-state index contributed by atoms with van der Waals surface area (Å²) < 4.78 is 8.21. The molecule has 0 radical (unpaired) electrons. The summed E-state index contributed by atoms with van der Waals surface area (Å²) in [7, 11) is 0. The van der Waals surface area contributed by atoms with Gasteiger partial charge >= 0.3 is 0 Å². The summed E-state index contributed by atoms with van der Waals surface area (Å²) in [6, 6.07) is 14.4. The number of aromatic nitrogens is 2. The number of carbonyl (C=O) groups is 1. The van der Waals surface area contributed by atoms with E-state index in [-0.39, 0.29) is 5.91 Å². The molecule has 152 valence electrons. The summed E-state index contributed by atoms with van der Waals surface area (Å²) in [5.74, 6) is 1.80. The minimum atomic E-state index is -0.156. The molecule has 2 aromatic carbocycles. The van der Waals surface area contributed by atoms with Crippen molar-refractivity contribution < 1.29 is 9.53 Å². The lowest BCUT2D eigenvalue weighted by atomic mass is 10.1. The van der Waals surface area contributed by atoms with E-state index in [4.69, 9.17) is 9.72 Å². The van der Waals surface area contributed by atoms with Crippen molar-refractivity contribution in [2.75, 3.05) is 13.2 Å². The number of rotatable bonds is 10. The van der Waals surface area contributed by atoms with Gasteiger partial charge in [0.25, 0.3) is 0 Å². The van der Waals surface area contributed by atoms with Gasteiger partial charge in [0.2, 0.25) is 5.91 Å². The molecule has 0 bridgehead atoms. The summed E-state index contributed by atoms with van der Waals surface area (Å²) in [6.07, 6.45) is 3.94. The van der Waals surface area contributed by atoms with Crippen LogP contribution in [0.3, 0.4) is 0 Å². The number of nitrogens with one attached hydrogen (secondary N) is 1. The van der Waals surface area contributed by atoms with Crippen LogP contribution in [-0.4, -0.2) is 28.6 Å². The first-order valence-corrected chi connectivity index (χ1v) is 10.1. The Labute approximate surface area is 172 Å². The fourth-order valence-corrected chi connectivity index (χ4v) is 3.45. The summed E-state index contributed by atoms with van der Waals surface area (Å²) in [5.41, 5.74) is 4.55. The Morgan fingerprint density at radius 3 is 2.83 bits per heavy atom. The maximum atomic E-state index is 11.4. The van der Waals surface area contributed by atoms with E-state index in [1.165, 1.54) is 17.2 Å². The van der Waals surface area contributed by atoms with E-state index in [1.807, 2.05) is 24.3 Å². The number of imidazole rings is 1. The average molecular weight is 392 g/mol. The maximum Gasteiger partial charge on any atom is 0.243 e. The molecule has 1 aromatic heterocycles. The monoisotopic (exact) mass is 391 g/mol. The molecule has 3 rings (SSSR count). The molecule has 1 N–H and O–H groups in total. The van der Waals surface area contributed by atoms with Crippen molar-refractivity contribution in [1.29, 1.82) is 0 Å². The highest BCUT2D eigenvalue weighted by Gasteiger charge is 2.10. The maximum absolute atomic E-state index is 11.4. The van der Waals surface area contributed by atoms with E-state index in [2.05, 4.69) is 48.5 Å². The molecule has 0 aliphatic carbocycles. The van der Waals surface area contributed by atoms with Crippen LogP contribution in [0.4, 0.5) is 0 Å². The first-order chi connectivity index (χ1) is 14.1. The molecule has 0 spiro atoms. The fourth-order valence-electron chi connectivity index (χ4n) is 3.45. The molecule has 29 heavy (non-hydrogen) atoms. The fraction of sp³-hybridized carbons (Fsp3) is 0.333. The second kappa shape index (κ2) is 9.92. The van der Waals surface area contributed by atoms with Gasteiger partial charge in [-0.2, -0.15) is 0 Å². The zero-order valence-electron chi connectivity index (χ0n) is 17.3. The number of para-hydroxylation sites is 2. The van der Waals surface area contributed by atoms with Crippen molar-refractivity contribution in [1.82, 2.24) is 14.9 Å². The highest BCUT2D eigenvalue weighted by Crippen LogP contribution is 2.20. The number of nitrogens with zero attached hydrogens (tertiary/aromatic N) is 2. The van der Waals surface area contributed by atoms with Gasteiger partial charge in [0, 0.05) is 19.5 Å². The van der Waals surface area contributed by atoms with E-state index in [0.29, 0.717) is 19.6 Å². The predicted molar refractivity (Wildman–Crippen MR) is 117 cm³/mol. The van der Waals surface area contributed by atoms with Gasteiger partial charge < -0.3 is 14.6 Å². The van der Waals surface area contributed by atoms with Crippen molar-refractivity contribution in [2.45, 2.75) is 39.7 Å². The second-order valence-corrected chi connectivity index (χ2v) is 7.24. The van der Waals surface area contributed by atoms with Crippen molar-refractivity contribution in [3.8, 4) is 5.75 Å². The highest BCUT2D eigenvalue weighted by molar-refractivity contribution is 5.86. The Morgan fingerprint density at radius 2 is 2.03 bits per heavy atom. The average Bonchev–Trinajstić information content (AvgIpc) is 3.06. The molecule has 0 aliphatic rings. The van der Waals surface area contributed by atoms with Crippen LogP contribution < -0.4 is 10.1 Å². The molecule has 5 nitrogen and oxygen atoms in total. The van der Waals surface area contributed by atoms with Crippen molar-refractivity contribution in [3.63, 3.8) is 0 Å². The number of hydrogen-bond donors (Lipinski definition) is 1. The molecule has 0 saturated heterocycles. The standard InChI is InChI=1S/C24H29N3O2/c1-4-24(28)25-14-13-23-26-20-9-5-6-10-21(20)27(23)15-7-8-16-29-22-12-11-18(2)17-19(22)3/h4-6,9-12,17H,1,7-8,13-16H2,2-3H3,(H,25,28). The van der Waals surface area contributed by atoms with Gasteiger partial charge in [0.15, 0.2) is 0 Å². The molecule has 0 saturated carbocycles. The second-order valence-electron chi connectivity index (χ2n) is 7.24. The largest absolute Gasteiger partial charge is 0.493 e. The molecule has 0 unspecified atom stereocenters. The summed E-state index contributed by atoms with van der Waals surface area (Å²) in [4.78, 5) is 16.1. The zero-order valence-corrected chi connectivity index (χ0v) is 17.3. The van der Waals surface area contributed by atoms with Crippen LogP contribution in [0.1, 0.15) is 29.8 Å². The Bertz CT molecular complexity index is 991. The van der Waals surface area contributed by atoms with E-state index >= 15 is 0 Å². The van der Waals surface area contributed by atoms with Crippen LogP contribution >= 0.6 is 0 Å². The number of fused-ring (bicyclic) bond motifs is 1. The molecule has 0 atom stereocenters. The Balaban J connectivity index is 1.57. The number of amides is 1. The Morgan fingerprint density at radius 1 is 1.21 bits per heavy atom. The number of unbranched alkanes of at least 4 members (excludes halogenated alkanes) is 1. The topological polar surface area (TPSA) is 56.2 Å². The van der Waals surface area contributed by atoms with Gasteiger partial charge in [-0.25, -0.2) is 4.98 Å². The first-order valence-electron chi connectivity index (χ1n) is 10.1. The number of benzene rings is 2. The number of aryl methyl sites for hydroxylation is 3. The van der Waals surface area contributed by atoms with Crippen molar-refractivity contribution >= 4 is 16.9 Å². The van der Waals surface area contributed by atoms with Gasteiger partial charge in [-0.3, -0.25) is 4.79 Å². The van der Waals surface area contributed by atoms with E-state index in [1.54, 1.807) is 0 Å². The lowest BCUT2D eigenvalue weighted by Gasteiger charge is -2.12. The molecule has 5 heteroatoms. The molecule has 1 amide bonds. The summed E-state index contributed by atoms with van der Waals surface area (Å²) >= 11 is 0. The first kappa shape index (κ1) is 20.6. The molecule has 0 aliphatic heterocycles. The normalized spacial score (nSPS) is 10.8. The van der Waals surface area contributed by atoms with Crippen LogP contribution in [0.5, 0.6) is 5.75 Å². The van der Waals surface area contributed by atoms with Crippen LogP contribution in [-0.2, 0) is 17.8 Å².